The monoisotopic (exact) mass is 625 g/mol. The van der Waals surface area contributed by atoms with E-state index in [1.807, 2.05) is 24.3 Å². The third-order valence-electron chi connectivity index (χ3n) is 6.12. The van der Waals surface area contributed by atoms with E-state index in [4.69, 9.17) is 19.3 Å². The lowest BCUT2D eigenvalue weighted by molar-refractivity contribution is -0.137. The Kier molecular flexibility index (Phi) is 11.2. The minimum Gasteiger partial charge on any atom is -0.486 e. The number of rotatable bonds is 16. The van der Waals surface area contributed by atoms with E-state index in [0.29, 0.717) is 31.6 Å². The second-order valence-electron chi connectivity index (χ2n) is 9.20. The molecule has 2 N–H and O–H groups in total. The van der Waals surface area contributed by atoms with E-state index >= 15 is 0 Å². The molecule has 13 nitrogen and oxygen atoms in total. The van der Waals surface area contributed by atoms with Gasteiger partial charge in [0.1, 0.15) is 57.8 Å². The molecule has 1 amide bonds. The van der Waals surface area contributed by atoms with Gasteiger partial charge in [0.25, 0.3) is 5.91 Å². The summed E-state index contributed by atoms with van der Waals surface area (Å²) in [6.45, 7) is 0.923. The fraction of sp³-hybridized carbons (Fsp3) is 0.440. The Bertz CT molecular complexity index is 1270. The van der Waals surface area contributed by atoms with Crippen LogP contribution in [0.4, 0.5) is 0 Å². The molecule has 1 aromatic carbocycles. The Morgan fingerprint density at radius 3 is 1.68 bits per heavy atom. The molecule has 3 aliphatic rings. The Balaban J connectivity index is 1.56. The van der Waals surface area contributed by atoms with Crippen molar-refractivity contribution in [1.29, 1.82) is 0 Å². The Labute approximate surface area is 246 Å². The van der Waals surface area contributed by atoms with E-state index in [0.717, 1.165) is 15.1 Å². The maximum Gasteiger partial charge on any atom is 0.303 e. The van der Waals surface area contributed by atoms with Gasteiger partial charge in [-0.1, -0.05) is 6.42 Å². The molecule has 0 bridgehead atoms. The summed E-state index contributed by atoms with van der Waals surface area (Å²) in [5, 5.41) is 38.6. The molecule has 0 radical (unpaired) electrons. The van der Waals surface area contributed by atoms with E-state index in [-0.39, 0.29) is 49.2 Å². The fourth-order valence-electron chi connectivity index (χ4n) is 3.71. The number of carbonyl (C=O) groups is 2. The molecule has 16 heteroatoms. The van der Waals surface area contributed by atoms with Gasteiger partial charge in [0, 0.05) is 25.1 Å². The number of nitrogens with one attached hydrogen (secondary N) is 1. The number of aliphatic carboxylic acids is 1. The molecule has 0 aliphatic carbocycles. The highest BCUT2D eigenvalue weighted by Gasteiger charge is 2.24. The summed E-state index contributed by atoms with van der Waals surface area (Å²) < 4.78 is 18.4. The molecule has 0 spiro atoms. The SMILES string of the molecule is C[SH]1C=NN=C1COc1cc(OCC2=NN=C[SH]2C)c(C(=O)NCCCCCC(=O)O)c(OCC2=NN=C[SH]2C)c1. The zero-order valence-corrected chi connectivity index (χ0v) is 25.7. The van der Waals surface area contributed by atoms with Gasteiger partial charge < -0.3 is 24.6 Å². The lowest BCUT2D eigenvalue weighted by atomic mass is 10.1. The number of hydrogen-bond acceptors (Lipinski definition) is 11. The van der Waals surface area contributed by atoms with Crippen LogP contribution in [0.25, 0.3) is 0 Å². The average molecular weight is 626 g/mol. The van der Waals surface area contributed by atoms with Crippen molar-refractivity contribution in [2.45, 2.75) is 25.7 Å². The van der Waals surface area contributed by atoms with Gasteiger partial charge in [-0.05, 0) is 31.6 Å². The lowest BCUT2D eigenvalue weighted by Gasteiger charge is -2.20. The van der Waals surface area contributed by atoms with Crippen LogP contribution in [-0.4, -0.2) is 93.9 Å². The summed E-state index contributed by atoms with van der Waals surface area (Å²) in [6, 6.07) is 3.33. The van der Waals surface area contributed by atoms with Gasteiger partial charge >= 0.3 is 5.97 Å². The van der Waals surface area contributed by atoms with Crippen LogP contribution in [0.3, 0.4) is 0 Å². The first-order chi connectivity index (χ1) is 19.8. The highest BCUT2D eigenvalue weighted by Crippen LogP contribution is 2.37. The van der Waals surface area contributed by atoms with Crippen LogP contribution in [0.15, 0.2) is 42.7 Å². The third-order valence-corrected chi connectivity index (χ3v) is 10.6. The molecule has 41 heavy (non-hydrogen) atoms. The summed E-state index contributed by atoms with van der Waals surface area (Å²) >= 11 is 0. The Morgan fingerprint density at radius 2 is 1.24 bits per heavy atom. The van der Waals surface area contributed by atoms with E-state index in [2.05, 4.69) is 35.9 Å². The van der Waals surface area contributed by atoms with Crippen molar-refractivity contribution in [3.05, 3.63) is 17.7 Å². The number of thiol groups is 3. The van der Waals surface area contributed by atoms with Crippen LogP contribution < -0.4 is 19.5 Å². The highest BCUT2D eigenvalue weighted by molar-refractivity contribution is 8.40. The zero-order valence-electron chi connectivity index (χ0n) is 23.1. The standard InChI is InChI=1S/C25H35N7O6S3/c1-39-14-27-30-20(39)11-36-17-9-18(37-12-21-31-28-15-40(21)2)24(25(35)26-8-6-4-5-7-23(33)34)19(10-17)38-13-22-32-29-16-41(22)3/h9-10,14-16,39-41H,4-8,11-13H2,1-3H3,(H,26,35)(H,33,34). The normalized spacial score (nSPS) is 23.2. The van der Waals surface area contributed by atoms with Crippen LogP contribution in [0.1, 0.15) is 36.0 Å². The minimum atomic E-state index is -0.830. The van der Waals surface area contributed by atoms with Crippen molar-refractivity contribution in [1.82, 2.24) is 5.32 Å². The zero-order chi connectivity index (χ0) is 29.2. The predicted molar refractivity (Wildman–Crippen MR) is 174 cm³/mol. The van der Waals surface area contributed by atoms with Crippen molar-refractivity contribution in [3.63, 3.8) is 0 Å². The second kappa shape index (κ2) is 15.0. The van der Waals surface area contributed by atoms with Crippen molar-refractivity contribution in [2.75, 3.05) is 45.1 Å². The molecule has 224 valence electrons. The summed E-state index contributed by atoms with van der Waals surface area (Å²) in [5.41, 5.74) is 5.62. The number of amides is 1. The topological polar surface area (TPSA) is 168 Å². The molecular weight excluding hydrogens is 591 g/mol. The maximum atomic E-state index is 13.5. The molecule has 0 fully saturated rings. The van der Waals surface area contributed by atoms with Gasteiger partial charge in [-0.25, -0.2) is 0 Å². The van der Waals surface area contributed by atoms with Crippen molar-refractivity contribution in [3.8, 4) is 17.2 Å². The summed E-state index contributed by atoms with van der Waals surface area (Å²) in [4.78, 5) is 24.3. The largest absolute Gasteiger partial charge is 0.486 e. The number of nitrogens with zero attached hydrogens (tertiary/aromatic N) is 6. The van der Waals surface area contributed by atoms with Gasteiger partial charge in [-0.15, -0.1) is 15.3 Å². The minimum absolute atomic E-state index is 0.102. The predicted octanol–water partition coefficient (Wildman–Crippen LogP) is 3.16. The lowest BCUT2D eigenvalue weighted by Crippen LogP contribution is -2.26. The van der Waals surface area contributed by atoms with E-state index in [1.165, 1.54) is 0 Å². The number of benzene rings is 1. The molecule has 4 rings (SSSR count). The maximum absolute atomic E-state index is 13.5. The summed E-state index contributed by atoms with van der Waals surface area (Å²) in [5.74, 6) is -0.192. The van der Waals surface area contributed by atoms with Crippen LogP contribution >= 0.6 is 32.7 Å². The number of carboxylic acid groups (broad SMARTS) is 1. The first kappa shape index (κ1) is 30.6. The first-order valence-corrected chi connectivity index (χ1v) is 18.4. The Hall–Kier alpha value is -3.37. The fourth-order valence-corrected chi connectivity index (χ4v) is 6.12. The second-order valence-corrected chi connectivity index (χ2v) is 15.1. The van der Waals surface area contributed by atoms with E-state index in [1.54, 1.807) is 23.2 Å². The van der Waals surface area contributed by atoms with Gasteiger partial charge in [0.15, 0.2) is 0 Å². The molecule has 0 saturated heterocycles. The molecular formula is C25H35N7O6S3. The number of ether oxygens (including phenoxy) is 3. The number of carboxylic acids is 1. The average Bonchev–Trinajstić information content (AvgIpc) is 3.67. The van der Waals surface area contributed by atoms with Gasteiger partial charge in [-0.3, -0.25) is 9.59 Å². The molecule has 1 aromatic rings. The molecule has 3 atom stereocenters. The molecule has 3 unspecified atom stereocenters. The van der Waals surface area contributed by atoms with E-state index in [9.17, 15) is 9.59 Å². The Morgan fingerprint density at radius 1 is 0.756 bits per heavy atom. The first-order valence-electron chi connectivity index (χ1n) is 12.9. The van der Waals surface area contributed by atoms with Crippen LogP contribution in [0.5, 0.6) is 17.2 Å². The number of unbranched alkanes of at least 4 members (excludes halogenated alkanes) is 2. The van der Waals surface area contributed by atoms with Gasteiger partial charge in [0.2, 0.25) is 0 Å². The number of carbonyl (C=O) groups excluding carboxylic acids is 1. The molecule has 0 saturated carbocycles. The van der Waals surface area contributed by atoms with Gasteiger partial charge in [-0.2, -0.15) is 48.0 Å². The van der Waals surface area contributed by atoms with Crippen molar-refractivity contribution >= 4 is 76.3 Å². The highest BCUT2D eigenvalue weighted by atomic mass is 32.2. The van der Waals surface area contributed by atoms with Crippen LogP contribution in [-0.2, 0) is 4.79 Å². The van der Waals surface area contributed by atoms with Crippen LogP contribution in [0, 0.1) is 0 Å². The molecule has 3 aliphatic heterocycles. The number of hydrogen-bond donors (Lipinski definition) is 5. The molecule has 0 aromatic heterocycles. The molecule has 3 heterocycles. The van der Waals surface area contributed by atoms with Crippen molar-refractivity contribution in [2.24, 2.45) is 30.6 Å². The van der Waals surface area contributed by atoms with E-state index < -0.39 is 38.7 Å². The van der Waals surface area contributed by atoms with Crippen LogP contribution in [0.2, 0.25) is 0 Å². The van der Waals surface area contributed by atoms with Gasteiger partial charge in [0.05, 0.1) is 16.6 Å². The quantitative estimate of drug-likeness (QED) is 0.140. The summed E-state index contributed by atoms with van der Waals surface area (Å²) in [7, 11) is -1.88. The van der Waals surface area contributed by atoms with Crippen molar-refractivity contribution < 1.29 is 28.9 Å². The third kappa shape index (κ3) is 8.81. The smallest absolute Gasteiger partial charge is 0.303 e. The summed E-state index contributed by atoms with van der Waals surface area (Å²) in [6.07, 6.45) is 8.07.